The van der Waals surface area contributed by atoms with Gasteiger partial charge in [-0.1, -0.05) is 24.3 Å². The molecule has 2 aromatic rings. The van der Waals surface area contributed by atoms with Crippen LogP contribution < -0.4 is 0 Å². The van der Waals surface area contributed by atoms with Gasteiger partial charge in [0.25, 0.3) is 0 Å². The summed E-state index contributed by atoms with van der Waals surface area (Å²) in [6.45, 7) is 0. The van der Waals surface area contributed by atoms with Gasteiger partial charge in [-0.05, 0) is 12.1 Å². The molecule has 4 heteroatoms. The van der Waals surface area contributed by atoms with Gasteiger partial charge in [0.05, 0.1) is 6.26 Å². The third-order valence-corrected chi connectivity index (χ3v) is 2.86. The number of carbonyl (C=O) groups excluding carboxylic acids is 2. The van der Waals surface area contributed by atoms with Crippen LogP contribution in [0.15, 0.2) is 52.7 Å². The number of Topliss-reactive ketones (excluding diaryl/α,β-unsaturated/α-hetero) is 2. The topological polar surface area (TPSA) is 67.5 Å². The number of hydrogen-bond donors (Lipinski definition) is 1. The van der Waals surface area contributed by atoms with Gasteiger partial charge >= 0.3 is 0 Å². The zero-order valence-electron chi connectivity index (χ0n) is 9.21. The Bertz CT molecular complexity index is 678. The molecule has 88 valence electrons. The maximum absolute atomic E-state index is 12.1. The van der Waals surface area contributed by atoms with Gasteiger partial charge in [-0.25, -0.2) is 0 Å². The number of fused-ring (bicyclic) bond motifs is 1. The molecule has 0 bridgehead atoms. The van der Waals surface area contributed by atoms with E-state index in [0.29, 0.717) is 11.1 Å². The highest BCUT2D eigenvalue weighted by molar-refractivity contribution is 6.37. The number of hydrogen-bond acceptors (Lipinski definition) is 4. The Labute approximate surface area is 102 Å². The smallest absolute Gasteiger partial charge is 0.235 e. The van der Waals surface area contributed by atoms with Crippen molar-refractivity contribution in [2.24, 2.45) is 0 Å². The van der Waals surface area contributed by atoms with Crippen molar-refractivity contribution in [2.75, 3.05) is 0 Å². The minimum Gasteiger partial charge on any atom is -0.506 e. The fourth-order valence-electron chi connectivity index (χ4n) is 2.01. The van der Waals surface area contributed by atoms with Gasteiger partial charge in [-0.2, -0.15) is 0 Å². The Morgan fingerprint density at radius 1 is 1.06 bits per heavy atom. The van der Waals surface area contributed by atoms with E-state index in [2.05, 4.69) is 0 Å². The van der Waals surface area contributed by atoms with Gasteiger partial charge in [0, 0.05) is 11.1 Å². The first kappa shape index (κ1) is 10.5. The van der Waals surface area contributed by atoms with Crippen LogP contribution in [0.3, 0.4) is 0 Å². The van der Waals surface area contributed by atoms with E-state index in [1.165, 1.54) is 12.3 Å². The zero-order chi connectivity index (χ0) is 12.7. The van der Waals surface area contributed by atoms with Crippen molar-refractivity contribution in [3.8, 4) is 0 Å². The molecular formula is C14H8O4. The minimum atomic E-state index is -0.598. The Morgan fingerprint density at radius 2 is 1.78 bits per heavy atom. The van der Waals surface area contributed by atoms with Crippen molar-refractivity contribution in [3.63, 3.8) is 0 Å². The molecule has 0 fully saturated rings. The second-order valence-corrected chi connectivity index (χ2v) is 3.90. The summed E-state index contributed by atoms with van der Waals surface area (Å²) in [7, 11) is 0. The molecule has 0 atom stereocenters. The second-order valence-electron chi connectivity index (χ2n) is 3.90. The minimum absolute atomic E-state index is 0.0395. The summed E-state index contributed by atoms with van der Waals surface area (Å²) < 4.78 is 4.96. The van der Waals surface area contributed by atoms with E-state index in [0.717, 1.165) is 0 Å². The highest BCUT2D eigenvalue weighted by Gasteiger charge is 2.35. The standard InChI is InChI=1S/C14H8O4/c15-12-8-4-1-2-5-9(8)13(16)11(12)14(17)10-6-3-7-18-10/h1-7,15H. The van der Waals surface area contributed by atoms with E-state index >= 15 is 0 Å². The van der Waals surface area contributed by atoms with Gasteiger partial charge in [0.15, 0.2) is 5.76 Å². The van der Waals surface area contributed by atoms with Crippen LogP contribution in [0, 0.1) is 0 Å². The molecule has 0 spiro atoms. The summed E-state index contributed by atoms with van der Waals surface area (Å²) in [6.07, 6.45) is 1.34. The number of ketones is 2. The normalized spacial score (nSPS) is 13.9. The van der Waals surface area contributed by atoms with E-state index in [4.69, 9.17) is 4.42 Å². The highest BCUT2D eigenvalue weighted by atomic mass is 16.3. The second kappa shape index (κ2) is 3.70. The number of furan rings is 1. The lowest BCUT2D eigenvalue weighted by molar-refractivity contribution is 0.0949. The molecule has 1 aromatic heterocycles. The first-order valence-corrected chi connectivity index (χ1v) is 5.35. The summed E-state index contributed by atoms with van der Waals surface area (Å²) >= 11 is 0. The molecule has 0 amide bonds. The maximum atomic E-state index is 12.1. The molecule has 1 aliphatic carbocycles. The number of benzene rings is 1. The Kier molecular flexibility index (Phi) is 2.16. The first-order valence-electron chi connectivity index (χ1n) is 5.35. The number of aliphatic hydroxyl groups excluding tert-OH is 1. The summed E-state index contributed by atoms with van der Waals surface area (Å²) in [5.74, 6) is -1.31. The summed E-state index contributed by atoms with van der Waals surface area (Å²) in [5.41, 5.74) is 0.494. The number of allylic oxidation sites excluding steroid dienone is 1. The largest absolute Gasteiger partial charge is 0.506 e. The van der Waals surface area contributed by atoms with E-state index < -0.39 is 11.6 Å². The number of aliphatic hydroxyl groups is 1. The van der Waals surface area contributed by atoms with Crippen LogP contribution in [0.2, 0.25) is 0 Å². The van der Waals surface area contributed by atoms with E-state index in [1.807, 2.05) is 0 Å². The Balaban J connectivity index is 2.13. The third-order valence-electron chi connectivity index (χ3n) is 2.86. The molecule has 0 radical (unpaired) electrons. The Morgan fingerprint density at radius 3 is 2.39 bits per heavy atom. The predicted octanol–water partition coefficient (Wildman–Crippen LogP) is 2.63. The molecule has 3 rings (SSSR count). The molecule has 0 aliphatic heterocycles. The van der Waals surface area contributed by atoms with Crippen molar-refractivity contribution in [1.82, 2.24) is 0 Å². The molecule has 4 nitrogen and oxygen atoms in total. The van der Waals surface area contributed by atoms with Gasteiger partial charge in [0.1, 0.15) is 11.3 Å². The van der Waals surface area contributed by atoms with Crippen molar-refractivity contribution >= 4 is 17.3 Å². The molecule has 0 saturated carbocycles. The van der Waals surface area contributed by atoms with Gasteiger partial charge in [0.2, 0.25) is 11.6 Å². The first-order chi connectivity index (χ1) is 8.70. The number of rotatable bonds is 2. The number of carbonyl (C=O) groups is 2. The molecule has 1 aliphatic rings. The summed E-state index contributed by atoms with van der Waals surface area (Å²) in [5, 5.41) is 9.98. The van der Waals surface area contributed by atoms with Crippen molar-refractivity contribution in [1.29, 1.82) is 0 Å². The molecule has 1 N–H and O–H groups in total. The predicted molar refractivity (Wildman–Crippen MR) is 63.4 cm³/mol. The van der Waals surface area contributed by atoms with Crippen molar-refractivity contribution < 1.29 is 19.1 Å². The monoisotopic (exact) mass is 240 g/mol. The third kappa shape index (κ3) is 1.32. The van der Waals surface area contributed by atoms with Crippen LogP contribution in [-0.2, 0) is 0 Å². The lowest BCUT2D eigenvalue weighted by Crippen LogP contribution is -2.10. The lowest BCUT2D eigenvalue weighted by atomic mass is 10.0. The van der Waals surface area contributed by atoms with Crippen LogP contribution in [0.25, 0.3) is 5.76 Å². The summed E-state index contributed by atoms with van der Waals surface area (Å²) in [6, 6.07) is 9.57. The van der Waals surface area contributed by atoms with Gasteiger partial charge in [-0.15, -0.1) is 0 Å². The molecular weight excluding hydrogens is 232 g/mol. The molecule has 0 unspecified atom stereocenters. The zero-order valence-corrected chi connectivity index (χ0v) is 9.21. The molecule has 0 saturated heterocycles. The lowest BCUT2D eigenvalue weighted by Gasteiger charge is -1.97. The van der Waals surface area contributed by atoms with Crippen LogP contribution in [-0.4, -0.2) is 16.7 Å². The van der Waals surface area contributed by atoms with Crippen LogP contribution in [0.5, 0.6) is 0 Å². The highest BCUT2D eigenvalue weighted by Crippen LogP contribution is 2.32. The van der Waals surface area contributed by atoms with Gasteiger partial charge in [-0.3, -0.25) is 9.59 Å². The fourth-order valence-corrected chi connectivity index (χ4v) is 2.01. The summed E-state index contributed by atoms with van der Waals surface area (Å²) in [4.78, 5) is 24.1. The SMILES string of the molecule is O=C(C1=C(O)c2ccccc2C1=O)c1ccco1. The molecule has 1 aromatic carbocycles. The molecule has 1 heterocycles. The quantitative estimate of drug-likeness (QED) is 0.647. The van der Waals surface area contributed by atoms with Crippen LogP contribution in [0.4, 0.5) is 0 Å². The van der Waals surface area contributed by atoms with Crippen LogP contribution in [0.1, 0.15) is 26.5 Å². The average Bonchev–Trinajstić information content (AvgIpc) is 2.99. The maximum Gasteiger partial charge on any atom is 0.235 e. The van der Waals surface area contributed by atoms with E-state index in [-0.39, 0.29) is 17.1 Å². The van der Waals surface area contributed by atoms with Crippen molar-refractivity contribution in [3.05, 3.63) is 65.1 Å². The Hall–Kier alpha value is -2.62. The van der Waals surface area contributed by atoms with Crippen molar-refractivity contribution in [2.45, 2.75) is 0 Å². The van der Waals surface area contributed by atoms with Crippen LogP contribution >= 0.6 is 0 Å². The van der Waals surface area contributed by atoms with E-state index in [1.54, 1.807) is 30.3 Å². The van der Waals surface area contributed by atoms with Gasteiger partial charge < -0.3 is 9.52 Å². The molecule has 18 heavy (non-hydrogen) atoms. The average molecular weight is 240 g/mol. The fraction of sp³-hybridized carbons (Fsp3) is 0. The van der Waals surface area contributed by atoms with E-state index in [9.17, 15) is 14.7 Å².